The lowest BCUT2D eigenvalue weighted by Crippen LogP contribution is -2.50. The Labute approximate surface area is 351 Å². The minimum atomic E-state index is -0.722. The minimum absolute atomic E-state index is 0.0410. The highest BCUT2D eigenvalue weighted by Crippen LogP contribution is 2.38. The van der Waals surface area contributed by atoms with E-state index in [0.717, 1.165) is 47.6 Å². The molecule has 0 bridgehead atoms. The largest absolute Gasteiger partial charge is 0.494 e. The van der Waals surface area contributed by atoms with Crippen molar-refractivity contribution in [2.75, 3.05) is 65.2 Å². The van der Waals surface area contributed by atoms with Gasteiger partial charge in [0, 0.05) is 74.1 Å². The van der Waals surface area contributed by atoms with E-state index in [-0.39, 0.29) is 30.6 Å². The number of pyridine rings is 1. The third-order valence-electron chi connectivity index (χ3n) is 10.2. The second-order valence-electron chi connectivity index (χ2n) is 15.9. The third kappa shape index (κ3) is 12.4. The summed E-state index contributed by atoms with van der Waals surface area (Å²) < 4.78 is 33.1. The third-order valence-corrected chi connectivity index (χ3v) is 10.2. The Balaban J connectivity index is 1.04. The van der Waals surface area contributed by atoms with Gasteiger partial charge in [0.25, 0.3) is 5.91 Å². The number of hydrogen-bond acceptors (Lipinski definition) is 13. The van der Waals surface area contributed by atoms with Crippen molar-refractivity contribution in [2.45, 2.75) is 82.9 Å². The Morgan fingerprint density at radius 1 is 0.917 bits per heavy atom. The number of nitrogens with one attached hydrogen (secondary N) is 3. The van der Waals surface area contributed by atoms with Crippen LogP contribution in [0.5, 0.6) is 11.5 Å². The first-order valence-corrected chi connectivity index (χ1v) is 20.6. The van der Waals surface area contributed by atoms with Gasteiger partial charge in [-0.3, -0.25) is 9.78 Å². The molecule has 0 aliphatic carbocycles. The Morgan fingerprint density at radius 3 is 2.47 bits per heavy atom. The average Bonchev–Trinajstić information content (AvgIpc) is 3.76. The summed E-state index contributed by atoms with van der Waals surface area (Å²) in [4.78, 5) is 47.2. The number of nitrogens with zero attached hydrogens (tertiary/aromatic N) is 4. The first-order valence-electron chi connectivity index (χ1n) is 20.6. The average molecular weight is 828 g/mol. The number of fused-ring (bicyclic) bond motifs is 1. The van der Waals surface area contributed by atoms with Crippen molar-refractivity contribution >= 4 is 23.7 Å². The van der Waals surface area contributed by atoms with Gasteiger partial charge in [-0.2, -0.15) is 0 Å². The molecule has 0 spiro atoms. The number of H-pyrrole nitrogens is 1. The standard InChI is InChI=1S/C44H57N7O9/c1-43(2,3)60-42(54)51-21-17-44(18-22-51,41-47-39(49-50-41)31-14-19-45-20-15-31)48-33-11-8-10-32(28-33)40(53)46-36-16-27-59-37-13-12-34(29-35(36)37)58-26-7-5-6-23-56-24-9-25-57-30-38(52)55-4/h8,10-15,19-20,28-29,36,48H,5-7,9,16-18,21-27,30H2,1-4H3,(H,46,53)(H,47,49,50)/t36-/m0/s1. The van der Waals surface area contributed by atoms with Gasteiger partial charge in [0.2, 0.25) is 0 Å². The lowest BCUT2D eigenvalue weighted by molar-refractivity contribution is -0.146. The summed E-state index contributed by atoms with van der Waals surface area (Å²) >= 11 is 0. The number of hydrogen-bond donors (Lipinski definition) is 3. The molecule has 16 heteroatoms. The molecule has 1 fully saturated rings. The van der Waals surface area contributed by atoms with Gasteiger partial charge in [0.1, 0.15) is 29.2 Å². The number of carbonyl (C=O) groups is 3. The van der Waals surface area contributed by atoms with E-state index in [0.29, 0.717) is 89.0 Å². The molecule has 3 N–H and O–H groups in total. The molecule has 1 atom stereocenters. The van der Waals surface area contributed by atoms with Crippen molar-refractivity contribution in [3.8, 4) is 22.9 Å². The maximum atomic E-state index is 13.9. The number of benzene rings is 2. The molecule has 4 heterocycles. The van der Waals surface area contributed by atoms with Crippen LogP contribution in [0.3, 0.4) is 0 Å². The van der Waals surface area contributed by atoms with Crippen LogP contribution in [0, 0.1) is 0 Å². The summed E-state index contributed by atoms with van der Waals surface area (Å²) in [5.74, 6) is 2.08. The molecule has 2 aromatic heterocycles. The molecule has 0 unspecified atom stereocenters. The second-order valence-corrected chi connectivity index (χ2v) is 15.9. The summed E-state index contributed by atoms with van der Waals surface area (Å²) in [6.45, 7) is 9.08. The van der Waals surface area contributed by atoms with Crippen molar-refractivity contribution in [2.24, 2.45) is 0 Å². The fraction of sp³-hybridized carbons (Fsp3) is 0.500. The number of anilines is 1. The number of aromatic amines is 1. The van der Waals surface area contributed by atoms with Gasteiger partial charge in [0.15, 0.2) is 11.6 Å². The van der Waals surface area contributed by atoms with E-state index < -0.39 is 11.1 Å². The highest BCUT2D eigenvalue weighted by molar-refractivity contribution is 5.95. The van der Waals surface area contributed by atoms with Gasteiger partial charge in [-0.1, -0.05) is 6.07 Å². The van der Waals surface area contributed by atoms with Crippen LogP contribution < -0.4 is 20.1 Å². The predicted molar refractivity (Wildman–Crippen MR) is 223 cm³/mol. The first-order chi connectivity index (χ1) is 29.0. The maximum Gasteiger partial charge on any atom is 0.410 e. The van der Waals surface area contributed by atoms with Crippen LogP contribution in [0.1, 0.15) is 93.5 Å². The van der Waals surface area contributed by atoms with Crippen LogP contribution in [-0.2, 0) is 29.3 Å². The number of likely N-dealkylation sites (tertiary alicyclic amines) is 1. The van der Waals surface area contributed by atoms with Gasteiger partial charge < -0.3 is 48.9 Å². The van der Waals surface area contributed by atoms with Crippen molar-refractivity contribution in [3.05, 3.63) is 83.9 Å². The number of ether oxygens (including phenoxy) is 6. The summed E-state index contributed by atoms with van der Waals surface area (Å²) in [7, 11) is 1.33. The molecule has 16 nitrogen and oxygen atoms in total. The van der Waals surface area contributed by atoms with Gasteiger partial charge >= 0.3 is 12.1 Å². The van der Waals surface area contributed by atoms with E-state index in [9.17, 15) is 14.4 Å². The number of carbonyl (C=O) groups excluding carboxylic acids is 3. The van der Waals surface area contributed by atoms with E-state index in [1.165, 1.54) is 7.11 Å². The molecule has 4 aromatic rings. The van der Waals surface area contributed by atoms with Crippen molar-refractivity contribution in [1.82, 2.24) is 30.4 Å². The molecule has 2 aliphatic rings. The second kappa shape index (κ2) is 21.0. The zero-order valence-corrected chi connectivity index (χ0v) is 35.0. The van der Waals surface area contributed by atoms with Gasteiger partial charge in [-0.25, -0.2) is 9.59 Å². The van der Waals surface area contributed by atoms with Crippen LogP contribution in [-0.4, -0.2) is 108 Å². The SMILES string of the molecule is COC(=O)COCCCOCCCCCOc1ccc2c(c1)[C@@H](NC(=O)c1cccc(NC3(c4nnc(-c5ccncc5)[nH]4)CCN(C(=O)OC(C)(C)C)CC3)c1)CCO2. The molecule has 60 heavy (non-hydrogen) atoms. The summed E-state index contributed by atoms with van der Waals surface area (Å²) in [5.41, 5.74) is 1.61. The van der Waals surface area contributed by atoms with E-state index in [4.69, 9.17) is 23.7 Å². The fourth-order valence-corrected chi connectivity index (χ4v) is 7.06. The van der Waals surface area contributed by atoms with Gasteiger partial charge in [-0.05, 0) is 108 Å². The van der Waals surface area contributed by atoms with Crippen molar-refractivity contribution in [1.29, 1.82) is 0 Å². The number of aromatic nitrogens is 4. The number of piperidine rings is 1. The molecular weight excluding hydrogens is 771 g/mol. The zero-order valence-electron chi connectivity index (χ0n) is 35.0. The Bertz CT molecular complexity index is 2010. The van der Waals surface area contributed by atoms with Crippen LogP contribution >= 0.6 is 0 Å². The van der Waals surface area contributed by atoms with E-state index in [2.05, 4.69) is 35.5 Å². The summed E-state index contributed by atoms with van der Waals surface area (Å²) in [6, 6.07) is 16.6. The molecule has 0 radical (unpaired) electrons. The minimum Gasteiger partial charge on any atom is -0.494 e. The molecule has 6 rings (SSSR count). The number of rotatable bonds is 19. The molecule has 1 saturated heterocycles. The number of methoxy groups -OCH3 is 1. The van der Waals surface area contributed by atoms with Gasteiger partial charge in [0.05, 0.1) is 26.4 Å². The maximum absolute atomic E-state index is 13.9. The monoisotopic (exact) mass is 827 g/mol. The number of esters is 1. The van der Waals surface area contributed by atoms with Crippen LogP contribution in [0.4, 0.5) is 10.5 Å². The van der Waals surface area contributed by atoms with Crippen LogP contribution in [0.25, 0.3) is 11.4 Å². The van der Waals surface area contributed by atoms with Crippen molar-refractivity contribution < 1.29 is 42.8 Å². The van der Waals surface area contributed by atoms with Crippen LogP contribution in [0.15, 0.2) is 67.0 Å². The Morgan fingerprint density at radius 2 is 1.68 bits per heavy atom. The number of unbranched alkanes of at least 4 members (excludes halogenated alkanes) is 2. The normalized spacial score (nSPS) is 15.9. The molecule has 2 amide bonds. The van der Waals surface area contributed by atoms with Crippen LogP contribution in [0.2, 0.25) is 0 Å². The molecule has 322 valence electrons. The fourth-order valence-electron chi connectivity index (χ4n) is 7.06. The summed E-state index contributed by atoms with van der Waals surface area (Å²) in [5, 5.41) is 16.0. The topological polar surface area (TPSA) is 188 Å². The highest BCUT2D eigenvalue weighted by atomic mass is 16.6. The molecular formula is C44H57N7O9. The Kier molecular flexibility index (Phi) is 15.3. The van der Waals surface area contributed by atoms with Crippen molar-refractivity contribution in [3.63, 3.8) is 0 Å². The predicted octanol–water partition coefficient (Wildman–Crippen LogP) is 6.60. The van der Waals surface area contributed by atoms with E-state index in [1.807, 2.05) is 69.3 Å². The van der Waals surface area contributed by atoms with Gasteiger partial charge in [-0.15, -0.1) is 10.2 Å². The Hall–Kier alpha value is -5.74. The summed E-state index contributed by atoms with van der Waals surface area (Å²) in [6.07, 6.45) is 8.15. The molecule has 2 aliphatic heterocycles. The first kappa shape index (κ1) is 43.8. The number of amides is 2. The zero-order chi connectivity index (χ0) is 42.4. The highest BCUT2D eigenvalue weighted by Gasteiger charge is 2.41. The molecule has 0 saturated carbocycles. The lowest BCUT2D eigenvalue weighted by Gasteiger charge is -2.41. The van der Waals surface area contributed by atoms with E-state index >= 15 is 0 Å². The van der Waals surface area contributed by atoms with E-state index in [1.54, 1.807) is 23.4 Å². The lowest BCUT2D eigenvalue weighted by atomic mass is 9.86. The smallest absolute Gasteiger partial charge is 0.410 e. The molecule has 2 aromatic carbocycles. The quantitative estimate of drug-likeness (QED) is 0.0678.